The highest BCUT2D eigenvalue weighted by atomic mass is 35.5. The van der Waals surface area contributed by atoms with Gasteiger partial charge in [0.25, 0.3) is 5.91 Å². The quantitative estimate of drug-likeness (QED) is 0.430. The molecule has 0 aliphatic carbocycles. The van der Waals surface area contributed by atoms with Crippen molar-refractivity contribution in [3.63, 3.8) is 0 Å². The number of ether oxygens (including phenoxy) is 1. The van der Waals surface area contributed by atoms with E-state index >= 15 is 0 Å². The summed E-state index contributed by atoms with van der Waals surface area (Å²) in [5.41, 5.74) is 0.687. The number of hydrogen-bond donors (Lipinski definition) is 2. The second-order valence-electron chi connectivity index (χ2n) is 8.63. The summed E-state index contributed by atoms with van der Waals surface area (Å²) in [7, 11) is 3.14. The van der Waals surface area contributed by atoms with Crippen molar-refractivity contribution in [3.05, 3.63) is 59.3 Å². The number of carboxylic acid groups (broad SMARTS) is 1. The highest BCUT2D eigenvalue weighted by molar-refractivity contribution is 6.28. The third-order valence-electron chi connectivity index (χ3n) is 5.71. The van der Waals surface area contributed by atoms with Crippen LogP contribution < -0.4 is 15.0 Å². The normalized spacial score (nSPS) is 14.1. The molecule has 1 saturated heterocycles. The number of aromatic nitrogens is 3. The van der Waals surface area contributed by atoms with Crippen LogP contribution in [0.15, 0.2) is 47.1 Å². The standard InChI is InChI=1S/C24H26ClN7O6/c1-30(2)24(36)38-16-7-5-15(6-8-16)14-17(20(34)35)26-22-27-21(25)28-23(29-22)32-11-9-31(10-12-32)19(33)18-4-3-13-37-18/h3-8,13,17H,9-12,14H2,1-2H3,(H,34,35)(H,26,27,28,29)/t17-/m0/s1. The van der Waals surface area contributed by atoms with E-state index in [1.54, 1.807) is 55.4 Å². The van der Waals surface area contributed by atoms with Crippen LogP contribution in [0.2, 0.25) is 5.28 Å². The first-order chi connectivity index (χ1) is 18.2. The van der Waals surface area contributed by atoms with Gasteiger partial charge in [0.1, 0.15) is 11.8 Å². The molecule has 1 aliphatic rings. The molecule has 14 heteroatoms. The number of hydrogen-bond acceptors (Lipinski definition) is 10. The van der Waals surface area contributed by atoms with Crippen molar-refractivity contribution < 1.29 is 28.6 Å². The van der Waals surface area contributed by atoms with Gasteiger partial charge in [-0.2, -0.15) is 15.0 Å². The highest BCUT2D eigenvalue weighted by Gasteiger charge is 2.26. The molecule has 1 aliphatic heterocycles. The predicted molar refractivity (Wildman–Crippen MR) is 137 cm³/mol. The molecule has 2 amide bonds. The number of rotatable bonds is 8. The molecular formula is C24H26ClN7O6. The number of carbonyl (C=O) groups is 3. The minimum Gasteiger partial charge on any atom is -0.480 e. The Morgan fingerprint density at radius 2 is 1.82 bits per heavy atom. The van der Waals surface area contributed by atoms with E-state index in [1.165, 1.54) is 11.2 Å². The summed E-state index contributed by atoms with van der Waals surface area (Å²) in [6.07, 6.45) is 1.03. The van der Waals surface area contributed by atoms with Gasteiger partial charge in [-0.1, -0.05) is 12.1 Å². The smallest absolute Gasteiger partial charge is 0.414 e. The summed E-state index contributed by atoms with van der Waals surface area (Å²) < 4.78 is 10.4. The van der Waals surface area contributed by atoms with E-state index in [4.69, 9.17) is 20.8 Å². The molecule has 3 aromatic rings. The van der Waals surface area contributed by atoms with Crippen molar-refractivity contribution in [1.29, 1.82) is 0 Å². The number of furan rings is 1. The number of halogens is 1. The van der Waals surface area contributed by atoms with Crippen LogP contribution in [-0.2, 0) is 11.2 Å². The Balaban J connectivity index is 1.39. The number of benzene rings is 1. The second kappa shape index (κ2) is 11.8. The monoisotopic (exact) mass is 543 g/mol. The first kappa shape index (κ1) is 26.7. The van der Waals surface area contributed by atoms with Crippen molar-refractivity contribution in [1.82, 2.24) is 24.8 Å². The average Bonchev–Trinajstić information content (AvgIpc) is 3.44. The Morgan fingerprint density at radius 1 is 1.11 bits per heavy atom. The zero-order chi connectivity index (χ0) is 27.2. The molecule has 1 aromatic carbocycles. The molecule has 38 heavy (non-hydrogen) atoms. The molecule has 3 heterocycles. The van der Waals surface area contributed by atoms with Crippen LogP contribution >= 0.6 is 11.6 Å². The summed E-state index contributed by atoms with van der Waals surface area (Å²) in [5.74, 6) is -0.411. The minimum atomic E-state index is -1.11. The zero-order valence-electron chi connectivity index (χ0n) is 20.7. The third kappa shape index (κ3) is 6.68. The molecule has 200 valence electrons. The van der Waals surface area contributed by atoms with Gasteiger partial charge in [0.05, 0.1) is 6.26 Å². The largest absolute Gasteiger partial charge is 0.480 e. The molecule has 4 rings (SSSR count). The molecule has 2 aromatic heterocycles. The highest BCUT2D eigenvalue weighted by Crippen LogP contribution is 2.19. The topological polar surface area (TPSA) is 154 Å². The molecule has 0 unspecified atom stereocenters. The van der Waals surface area contributed by atoms with Crippen LogP contribution in [0.25, 0.3) is 0 Å². The summed E-state index contributed by atoms with van der Waals surface area (Å²) in [4.78, 5) is 53.5. The molecule has 0 spiro atoms. The van der Waals surface area contributed by atoms with Crippen LogP contribution in [0.1, 0.15) is 16.1 Å². The maximum absolute atomic E-state index is 12.5. The lowest BCUT2D eigenvalue weighted by Gasteiger charge is -2.34. The summed E-state index contributed by atoms with van der Waals surface area (Å²) in [5, 5.41) is 12.5. The second-order valence-corrected chi connectivity index (χ2v) is 8.97. The maximum Gasteiger partial charge on any atom is 0.414 e. The van der Waals surface area contributed by atoms with Gasteiger partial charge in [-0.3, -0.25) is 4.79 Å². The van der Waals surface area contributed by atoms with E-state index in [-0.39, 0.29) is 35.3 Å². The van der Waals surface area contributed by atoms with Gasteiger partial charge in [0.2, 0.25) is 17.2 Å². The fourth-order valence-electron chi connectivity index (χ4n) is 3.69. The van der Waals surface area contributed by atoms with Crippen LogP contribution in [0, 0.1) is 0 Å². The van der Waals surface area contributed by atoms with E-state index in [2.05, 4.69) is 20.3 Å². The Morgan fingerprint density at radius 3 is 2.42 bits per heavy atom. The van der Waals surface area contributed by atoms with E-state index in [1.807, 2.05) is 4.90 Å². The molecule has 13 nitrogen and oxygen atoms in total. The predicted octanol–water partition coefficient (Wildman–Crippen LogP) is 2.25. The van der Waals surface area contributed by atoms with Gasteiger partial charge in [0, 0.05) is 46.7 Å². The number of piperazine rings is 1. The van der Waals surface area contributed by atoms with Crippen LogP contribution in [0.3, 0.4) is 0 Å². The number of carboxylic acids is 1. The SMILES string of the molecule is CN(C)C(=O)Oc1ccc(C[C@H](Nc2nc(Cl)nc(N3CCN(C(=O)c4ccco4)CC3)n2)C(=O)O)cc1. The molecular weight excluding hydrogens is 518 g/mol. The van der Waals surface area contributed by atoms with Crippen molar-refractivity contribution in [2.75, 3.05) is 50.5 Å². The number of nitrogens with one attached hydrogen (secondary N) is 1. The lowest BCUT2D eigenvalue weighted by molar-refractivity contribution is -0.137. The van der Waals surface area contributed by atoms with Crippen molar-refractivity contribution in [2.45, 2.75) is 12.5 Å². The first-order valence-corrected chi connectivity index (χ1v) is 12.0. The molecule has 1 atom stereocenters. The lowest BCUT2D eigenvalue weighted by Crippen LogP contribution is -2.49. The van der Waals surface area contributed by atoms with Crippen LogP contribution in [0.5, 0.6) is 5.75 Å². The zero-order valence-corrected chi connectivity index (χ0v) is 21.5. The van der Waals surface area contributed by atoms with Gasteiger partial charge in [-0.05, 0) is 41.4 Å². The molecule has 0 radical (unpaired) electrons. The van der Waals surface area contributed by atoms with Gasteiger partial charge in [-0.15, -0.1) is 0 Å². The van der Waals surface area contributed by atoms with Gasteiger partial charge < -0.3 is 34.3 Å². The fraction of sp³-hybridized carbons (Fsp3) is 0.333. The Labute approximate surface area is 223 Å². The number of amides is 2. The minimum absolute atomic E-state index is 0.0121. The van der Waals surface area contributed by atoms with Crippen molar-refractivity contribution in [3.8, 4) is 5.75 Å². The first-order valence-electron chi connectivity index (χ1n) is 11.7. The van der Waals surface area contributed by atoms with Crippen molar-refractivity contribution in [2.24, 2.45) is 0 Å². The van der Waals surface area contributed by atoms with Crippen LogP contribution in [-0.4, -0.2) is 94.1 Å². The van der Waals surface area contributed by atoms with Gasteiger partial charge >= 0.3 is 12.1 Å². The molecule has 0 bridgehead atoms. The Kier molecular flexibility index (Phi) is 8.26. The number of nitrogens with zero attached hydrogens (tertiary/aromatic N) is 6. The van der Waals surface area contributed by atoms with Crippen LogP contribution in [0.4, 0.5) is 16.7 Å². The fourth-order valence-corrected chi connectivity index (χ4v) is 3.84. The maximum atomic E-state index is 12.5. The van der Waals surface area contributed by atoms with Crippen molar-refractivity contribution >= 4 is 41.5 Å². The van der Waals surface area contributed by atoms with E-state index < -0.39 is 18.1 Å². The average molecular weight is 544 g/mol. The molecule has 2 N–H and O–H groups in total. The van der Waals surface area contributed by atoms with E-state index in [9.17, 15) is 19.5 Å². The van der Waals surface area contributed by atoms with Gasteiger partial charge in [-0.25, -0.2) is 9.59 Å². The summed E-state index contributed by atoms with van der Waals surface area (Å²) in [6.45, 7) is 1.73. The Bertz CT molecular complexity index is 1280. The van der Waals surface area contributed by atoms with E-state index in [0.717, 1.165) is 0 Å². The van der Waals surface area contributed by atoms with E-state index in [0.29, 0.717) is 37.5 Å². The summed E-state index contributed by atoms with van der Waals surface area (Å²) >= 11 is 6.12. The Hall–Kier alpha value is -4.39. The number of aliphatic carboxylic acids is 1. The summed E-state index contributed by atoms with van der Waals surface area (Å²) in [6, 6.07) is 8.72. The lowest BCUT2D eigenvalue weighted by atomic mass is 10.1. The van der Waals surface area contributed by atoms with Gasteiger partial charge in [0.15, 0.2) is 5.76 Å². The molecule has 0 saturated carbocycles. The number of anilines is 2. The number of carbonyl (C=O) groups excluding carboxylic acids is 2. The third-order valence-corrected chi connectivity index (χ3v) is 5.88. The molecule has 1 fully saturated rings.